The molecule has 1 aromatic rings. The van der Waals surface area contributed by atoms with E-state index in [1.807, 2.05) is 31.2 Å². The monoisotopic (exact) mass is 347 g/mol. The number of Topliss-reactive ketones (excluding diaryl/α,β-unsaturated/α-hetero) is 1. The van der Waals surface area contributed by atoms with Crippen molar-refractivity contribution < 1.29 is 28.6 Å². The number of aryl methyl sites for hydroxylation is 1. The molecule has 2 aliphatic rings. The van der Waals surface area contributed by atoms with Crippen molar-refractivity contribution in [3.05, 3.63) is 35.4 Å². The topological polar surface area (TPSA) is 90.9 Å². The van der Waals surface area contributed by atoms with Gasteiger partial charge >= 0.3 is 11.9 Å². The highest BCUT2D eigenvalue weighted by atomic mass is 16.7. The van der Waals surface area contributed by atoms with E-state index < -0.39 is 36.1 Å². The van der Waals surface area contributed by atoms with Crippen LogP contribution in [0.4, 0.5) is 0 Å². The van der Waals surface area contributed by atoms with Crippen molar-refractivity contribution in [1.82, 2.24) is 5.32 Å². The van der Waals surface area contributed by atoms with Gasteiger partial charge in [0.05, 0.1) is 18.9 Å². The summed E-state index contributed by atoms with van der Waals surface area (Å²) in [6.07, 6.45) is -0.966. The molecule has 0 saturated carbocycles. The molecule has 0 aliphatic carbocycles. The number of ketones is 1. The maximum Gasteiger partial charge on any atom is 0.323 e. The summed E-state index contributed by atoms with van der Waals surface area (Å²) in [5.41, 5.74) is 1.99. The fourth-order valence-electron chi connectivity index (χ4n) is 3.64. The number of ether oxygens (including phenoxy) is 3. The van der Waals surface area contributed by atoms with Gasteiger partial charge in [-0.25, -0.2) is 0 Å². The normalized spacial score (nSPS) is 31.3. The van der Waals surface area contributed by atoms with E-state index >= 15 is 0 Å². The Bertz CT molecular complexity index is 685. The summed E-state index contributed by atoms with van der Waals surface area (Å²) >= 11 is 0. The number of nitrogens with one attached hydrogen (secondary N) is 1. The number of benzene rings is 1. The summed E-state index contributed by atoms with van der Waals surface area (Å²) in [4.78, 5) is 36.2. The molecule has 3 rings (SSSR count). The van der Waals surface area contributed by atoms with E-state index in [2.05, 4.69) is 5.32 Å². The third kappa shape index (κ3) is 3.29. The molecule has 0 spiro atoms. The van der Waals surface area contributed by atoms with Crippen LogP contribution >= 0.6 is 0 Å². The van der Waals surface area contributed by atoms with Gasteiger partial charge in [0.1, 0.15) is 12.6 Å². The van der Waals surface area contributed by atoms with E-state index in [0.29, 0.717) is 0 Å². The van der Waals surface area contributed by atoms with Crippen LogP contribution in [-0.4, -0.2) is 43.8 Å². The van der Waals surface area contributed by atoms with Gasteiger partial charge in [0.2, 0.25) is 6.29 Å². The first-order chi connectivity index (χ1) is 11.9. The minimum Gasteiger partial charge on any atom is -0.468 e. The molecule has 0 unspecified atom stereocenters. The number of carbonyl (C=O) groups excluding carboxylic acids is 3. The Morgan fingerprint density at radius 1 is 1.24 bits per heavy atom. The molecule has 2 heterocycles. The second-order valence-electron chi connectivity index (χ2n) is 6.41. The van der Waals surface area contributed by atoms with Gasteiger partial charge in [-0.1, -0.05) is 29.8 Å². The van der Waals surface area contributed by atoms with Gasteiger partial charge in [-0.15, -0.1) is 0 Å². The van der Waals surface area contributed by atoms with E-state index in [9.17, 15) is 14.4 Å². The van der Waals surface area contributed by atoms with E-state index in [1.165, 1.54) is 14.0 Å². The molecular weight excluding hydrogens is 326 g/mol. The summed E-state index contributed by atoms with van der Waals surface area (Å²) < 4.78 is 15.5. The molecule has 2 aliphatic heterocycles. The van der Waals surface area contributed by atoms with Crippen LogP contribution in [0, 0.1) is 18.8 Å². The minimum absolute atomic E-state index is 0.127. The molecule has 1 N–H and O–H groups in total. The van der Waals surface area contributed by atoms with Crippen molar-refractivity contribution in [2.24, 2.45) is 11.8 Å². The molecular formula is C18H21NO6. The number of hydrogen-bond acceptors (Lipinski definition) is 7. The van der Waals surface area contributed by atoms with Crippen molar-refractivity contribution in [2.75, 3.05) is 13.7 Å². The number of fused-ring (bicyclic) bond motifs is 1. The van der Waals surface area contributed by atoms with Crippen LogP contribution < -0.4 is 5.32 Å². The SMILES string of the molecule is COC(=O)[C@H]1N[C@@H](c2ccc(C)cc2)[C@H]2C(=O)CO[C@H](OC(C)=O)[C@H]21. The highest BCUT2D eigenvalue weighted by Gasteiger charge is 2.57. The largest absolute Gasteiger partial charge is 0.468 e. The second kappa shape index (κ2) is 6.93. The van der Waals surface area contributed by atoms with Crippen LogP contribution in [0.15, 0.2) is 24.3 Å². The number of hydrogen-bond donors (Lipinski definition) is 1. The van der Waals surface area contributed by atoms with Gasteiger partial charge in [-0.05, 0) is 12.5 Å². The molecule has 2 fully saturated rings. The lowest BCUT2D eigenvalue weighted by molar-refractivity contribution is -0.209. The minimum atomic E-state index is -0.966. The van der Waals surface area contributed by atoms with Crippen molar-refractivity contribution in [3.8, 4) is 0 Å². The number of esters is 2. The molecule has 0 aromatic heterocycles. The molecule has 2 saturated heterocycles. The van der Waals surface area contributed by atoms with E-state index in [0.717, 1.165) is 11.1 Å². The van der Waals surface area contributed by atoms with Crippen molar-refractivity contribution in [2.45, 2.75) is 32.2 Å². The summed E-state index contributed by atoms with van der Waals surface area (Å²) in [7, 11) is 1.28. The molecule has 134 valence electrons. The maximum atomic E-state index is 12.6. The highest BCUT2D eigenvalue weighted by molar-refractivity contribution is 5.87. The van der Waals surface area contributed by atoms with E-state index in [1.54, 1.807) is 0 Å². The van der Waals surface area contributed by atoms with Crippen LogP contribution in [0.2, 0.25) is 0 Å². The number of carbonyl (C=O) groups is 3. The Morgan fingerprint density at radius 3 is 2.52 bits per heavy atom. The Kier molecular flexibility index (Phi) is 4.87. The van der Waals surface area contributed by atoms with Gasteiger partial charge in [-0.3, -0.25) is 19.7 Å². The first kappa shape index (κ1) is 17.6. The molecule has 1 aromatic carbocycles. The highest BCUT2D eigenvalue weighted by Crippen LogP contribution is 2.43. The van der Waals surface area contributed by atoms with Gasteiger partial charge in [0.15, 0.2) is 5.78 Å². The average molecular weight is 347 g/mol. The fraction of sp³-hybridized carbons (Fsp3) is 0.500. The second-order valence-corrected chi connectivity index (χ2v) is 6.41. The Labute approximate surface area is 145 Å². The van der Waals surface area contributed by atoms with Crippen molar-refractivity contribution in [1.29, 1.82) is 0 Å². The zero-order valence-corrected chi connectivity index (χ0v) is 14.4. The first-order valence-corrected chi connectivity index (χ1v) is 8.14. The predicted molar refractivity (Wildman–Crippen MR) is 86.4 cm³/mol. The van der Waals surface area contributed by atoms with Crippen molar-refractivity contribution in [3.63, 3.8) is 0 Å². The van der Waals surface area contributed by atoms with Gasteiger partial charge in [-0.2, -0.15) is 0 Å². The predicted octanol–water partition coefficient (Wildman–Crippen LogP) is 0.902. The fourth-order valence-corrected chi connectivity index (χ4v) is 3.64. The quantitative estimate of drug-likeness (QED) is 0.813. The lowest BCUT2D eigenvalue weighted by Crippen LogP contribution is -2.49. The van der Waals surface area contributed by atoms with Crippen LogP contribution in [0.5, 0.6) is 0 Å². The lowest BCUT2D eigenvalue weighted by atomic mass is 9.79. The summed E-state index contributed by atoms with van der Waals surface area (Å²) in [6.45, 7) is 3.08. The third-order valence-electron chi connectivity index (χ3n) is 4.77. The maximum absolute atomic E-state index is 12.6. The summed E-state index contributed by atoms with van der Waals surface area (Å²) in [5.74, 6) is -2.34. The molecule has 0 bridgehead atoms. The average Bonchev–Trinajstić information content (AvgIpc) is 2.99. The van der Waals surface area contributed by atoms with E-state index in [4.69, 9.17) is 14.2 Å². The van der Waals surface area contributed by atoms with Crippen LogP contribution in [-0.2, 0) is 28.6 Å². The van der Waals surface area contributed by atoms with Crippen LogP contribution in [0.1, 0.15) is 24.1 Å². The Balaban J connectivity index is 1.99. The lowest BCUT2D eigenvalue weighted by Gasteiger charge is -2.34. The Hall–Kier alpha value is -2.25. The van der Waals surface area contributed by atoms with E-state index in [-0.39, 0.29) is 18.4 Å². The van der Waals surface area contributed by atoms with Crippen molar-refractivity contribution >= 4 is 17.7 Å². The molecule has 5 atom stereocenters. The molecule has 7 heteroatoms. The standard InChI is InChI=1S/C18H21NO6/c1-9-4-6-11(7-5-9)15-13-12(21)8-24-18(25-10(2)20)14(13)16(19-15)17(22)23-3/h4-7,13-16,18-19H,8H2,1-3H3/t13-,14+,15-,16-,18+/m0/s1. The van der Waals surface area contributed by atoms with Gasteiger partial charge < -0.3 is 14.2 Å². The van der Waals surface area contributed by atoms with Gasteiger partial charge in [0.25, 0.3) is 0 Å². The summed E-state index contributed by atoms with van der Waals surface area (Å²) in [5, 5.41) is 3.19. The third-order valence-corrected chi connectivity index (χ3v) is 4.77. The molecule has 25 heavy (non-hydrogen) atoms. The number of rotatable bonds is 3. The molecule has 0 amide bonds. The van der Waals surface area contributed by atoms with Crippen LogP contribution in [0.25, 0.3) is 0 Å². The molecule has 0 radical (unpaired) electrons. The zero-order chi connectivity index (χ0) is 18.1. The first-order valence-electron chi connectivity index (χ1n) is 8.14. The Morgan fingerprint density at radius 2 is 1.92 bits per heavy atom. The smallest absolute Gasteiger partial charge is 0.323 e. The summed E-state index contributed by atoms with van der Waals surface area (Å²) in [6, 6.07) is 6.58. The van der Waals surface area contributed by atoms with Crippen LogP contribution in [0.3, 0.4) is 0 Å². The van der Waals surface area contributed by atoms with Gasteiger partial charge in [0, 0.05) is 13.0 Å². The zero-order valence-electron chi connectivity index (χ0n) is 14.4. The molecule has 7 nitrogen and oxygen atoms in total. The number of methoxy groups -OCH3 is 1.